The zero-order valence-corrected chi connectivity index (χ0v) is 17.9. The van der Waals surface area contributed by atoms with Gasteiger partial charge in [0.15, 0.2) is 0 Å². The SMILES string of the molecule is COC(=O)[C@H](Cc1ccccc1)NC(=O)C1CCC(OCCCCCCN)CC1O. The molecule has 0 aliphatic heterocycles. The Balaban J connectivity index is 1.80. The molecule has 30 heavy (non-hydrogen) atoms. The van der Waals surface area contributed by atoms with Gasteiger partial charge in [-0.1, -0.05) is 43.2 Å². The highest BCUT2D eigenvalue weighted by atomic mass is 16.5. The molecule has 1 amide bonds. The van der Waals surface area contributed by atoms with E-state index in [1.807, 2.05) is 30.3 Å². The van der Waals surface area contributed by atoms with Gasteiger partial charge in [0.1, 0.15) is 6.04 Å². The lowest BCUT2D eigenvalue weighted by molar-refractivity contribution is -0.147. The van der Waals surface area contributed by atoms with E-state index in [4.69, 9.17) is 15.2 Å². The standard InChI is InChI=1S/C23H36N2O5/c1-29-23(28)20(15-17-9-5-4-6-10-17)25-22(27)19-12-11-18(16-21(19)26)30-14-8-3-2-7-13-24/h4-6,9-10,18-21,26H,2-3,7-8,11-16,24H2,1H3,(H,25,27)/t18?,19?,20-,21?/m0/s1. The molecule has 1 aromatic rings. The first-order chi connectivity index (χ1) is 14.5. The fraction of sp³-hybridized carbons (Fsp3) is 0.652. The van der Waals surface area contributed by atoms with Gasteiger partial charge in [-0.15, -0.1) is 0 Å². The summed E-state index contributed by atoms with van der Waals surface area (Å²) in [4.78, 5) is 24.9. The summed E-state index contributed by atoms with van der Waals surface area (Å²) in [6, 6.07) is 8.68. The highest BCUT2D eigenvalue weighted by molar-refractivity contribution is 5.86. The minimum Gasteiger partial charge on any atom is -0.467 e. The molecule has 7 heteroatoms. The zero-order chi connectivity index (χ0) is 21.8. The van der Waals surface area contributed by atoms with E-state index in [0.29, 0.717) is 25.9 Å². The second-order valence-electron chi connectivity index (χ2n) is 7.96. The third-order valence-electron chi connectivity index (χ3n) is 5.64. The average Bonchev–Trinajstić information content (AvgIpc) is 2.75. The number of nitrogens with two attached hydrogens (primary N) is 1. The van der Waals surface area contributed by atoms with Crippen LogP contribution < -0.4 is 11.1 Å². The number of aliphatic hydroxyl groups is 1. The van der Waals surface area contributed by atoms with Gasteiger partial charge in [-0.25, -0.2) is 4.79 Å². The van der Waals surface area contributed by atoms with Gasteiger partial charge in [0, 0.05) is 19.4 Å². The van der Waals surface area contributed by atoms with Gasteiger partial charge in [-0.05, 0) is 37.8 Å². The molecular weight excluding hydrogens is 384 g/mol. The van der Waals surface area contributed by atoms with E-state index in [-0.39, 0.29) is 12.0 Å². The Labute approximate surface area is 179 Å². The topological polar surface area (TPSA) is 111 Å². The summed E-state index contributed by atoms with van der Waals surface area (Å²) in [5, 5.41) is 13.3. The predicted octanol–water partition coefficient (Wildman–Crippen LogP) is 1.95. The fourth-order valence-electron chi connectivity index (χ4n) is 3.88. The lowest BCUT2D eigenvalue weighted by Crippen LogP contribution is -2.49. The minimum absolute atomic E-state index is 0.0284. The molecule has 4 N–H and O–H groups in total. The van der Waals surface area contributed by atoms with Crippen LogP contribution >= 0.6 is 0 Å². The van der Waals surface area contributed by atoms with E-state index in [0.717, 1.165) is 44.2 Å². The number of benzene rings is 1. The van der Waals surface area contributed by atoms with E-state index in [2.05, 4.69) is 5.32 Å². The van der Waals surface area contributed by atoms with Crippen molar-refractivity contribution in [3.05, 3.63) is 35.9 Å². The number of carbonyl (C=O) groups excluding carboxylic acids is 2. The molecule has 1 aliphatic rings. The number of ether oxygens (including phenoxy) is 2. The van der Waals surface area contributed by atoms with E-state index in [9.17, 15) is 14.7 Å². The smallest absolute Gasteiger partial charge is 0.328 e. The number of nitrogens with one attached hydrogen (secondary N) is 1. The maximum absolute atomic E-state index is 12.8. The van der Waals surface area contributed by atoms with Crippen molar-refractivity contribution in [2.24, 2.45) is 11.7 Å². The van der Waals surface area contributed by atoms with Gasteiger partial charge in [0.05, 0.1) is 25.2 Å². The Kier molecular flexibility index (Phi) is 10.8. The molecule has 7 nitrogen and oxygen atoms in total. The van der Waals surface area contributed by atoms with Crippen molar-refractivity contribution in [3.63, 3.8) is 0 Å². The van der Waals surface area contributed by atoms with Gasteiger partial charge in [0.25, 0.3) is 0 Å². The minimum atomic E-state index is -0.781. The molecule has 1 fully saturated rings. The Morgan fingerprint density at radius 2 is 1.90 bits per heavy atom. The quantitative estimate of drug-likeness (QED) is 0.352. The first kappa shape index (κ1) is 24.3. The van der Waals surface area contributed by atoms with Crippen LogP contribution in [0.15, 0.2) is 30.3 Å². The Hall–Kier alpha value is -1.96. The van der Waals surface area contributed by atoms with Crippen LogP contribution in [-0.4, -0.2) is 55.5 Å². The van der Waals surface area contributed by atoms with Crippen molar-refractivity contribution >= 4 is 11.9 Å². The molecule has 0 radical (unpaired) electrons. The maximum atomic E-state index is 12.8. The van der Waals surface area contributed by atoms with Crippen LogP contribution in [0.1, 0.15) is 50.5 Å². The number of amides is 1. The summed E-state index contributed by atoms with van der Waals surface area (Å²) in [5.41, 5.74) is 6.42. The van der Waals surface area contributed by atoms with Crippen molar-refractivity contribution in [1.29, 1.82) is 0 Å². The van der Waals surface area contributed by atoms with Crippen LogP contribution in [0.3, 0.4) is 0 Å². The van der Waals surface area contributed by atoms with Gasteiger partial charge in [-0.2, -0.15) is 0 Å². The van der Waals surface area contributed by atoms with Gasteiger partial charge >= 0.3 is 5.97 Å². The van der Waals surface area contributed by atoms with E-state index in [1.54, 1.807) is 0 Å². The van der Waals surface area contributed by atoms with Gasteiger partial charge in [0.2, 0.25) is 5.91 Å². The van der Waals surface area contributed by atoms with E-state index in [1.165, 1.54) is 7.11 Å². The van der Waals surface area contributed by atoms with Crippen LogP contribution in [-0.2, 0) is 25.5 Å². The van der Waals surface area contributed by atoms with Crippen LogP contribution in [0.5, 0.6) is 0 Å². The van der Waals surface area contributed by atoms with Crippen molar-refractivity contribution in [3.8, 4) is 0 Å². The number of rotatable bonds is 12. The summed E-state index contributed by atoms with van der Waals surface area (Å²) >= 11 is 0. The Morgan fingerprint density at radius 1 is 1.17 bits per heavy atom. The molecule has 0 aromatic heterocycles. The average molecular weight is 421 g/mol. The second-order valence-corrected chi connectivity index (χ2v) is 7.96. The summed E-state index contributed by atoms with van der Waals surface area (Å²) < 4.78 is 10.7. The highest BCUT2D eigenvalue weighted by Crippen LogP contribution is 2.27. The molecule has 1 aromatic carbocycles. The van der Waals surface area contributed by atoms with Gasteiger partial charge in [-0.3, -0.25) is 4.79 Å². The number of methoxy groups -OCH3 is 1. The molecule has 0 spiro atoms. The monoisotopic (exact) mass is 420 g/mol. The van der Waals surface area contributed by atoms with Crippen molar-refractivity contribution in [2.75, 3.05) is 20.3 Å². The third kappa shape index (κ3) is 8.05. The number of hydrogen-bond donors (Lipinski definition) is 3. The van der Waals surface area contributed by atoms with Gasteiger partial charge < -0.3 is 25.6 Å². The highest BCUT2D eigenvalue weighted by Gasteiger charge is 2.36. The summed E-state index contributed by atoms with van der Waals surface area (Å²) in [6.07, 6.45) is 5.44. The van der Waals surface area contributed by atoms with Crippen LogP contribution in [0.25, 0.3) is 0 Å². The lowest BCUT2D eigenvalue weighted by atomic mass is 9.84. The molecule has 1 saturated carbocycles. The maximum Gasteiger partial charge on any atom is 0.328 e. The molecule has 4 atom stereocenters. The molecule has 0 bridgehead atoms. The normalized spacial score (nSPS) is 22.3. The first-order valence-corrected chi connectivity index (χ1v) is 11.0. The van der Waals surface area contributed by atoms with Crippen molar-refractivity contribution in [2.45, 2.75) is 69.6 Å². The number of unbranched alkanes of at least 4 members (excludes halogenated alkanes) is 3. The lowest BCUT2D eigenvalue weighted by Gasteiger charge is -2.33. The molecule has 168 valence electrons. The molecule has 3 unspecified atom stereocenters. The number of aliphatic hydroxyl groups excluding tert-OH is 1. The molecule has 0 heterocycles. The third-order valence-corrected chi connectivity index (χ3v) is 5.64. The Morgan fingerprint density at radius 3 is 2.57 bits per heavy atom. The second kappa shape index (κ2) is 13.4. The summed E-state index contributed by atoms with van der Waals surface area (Å²) in [5.74, 6) is -1.35. The van der Waals surface area contributed by atoms with E-state index >= 15 is 0 Å². The zero-order valence-electron chi connectivity index (χ0n) is 17.9. The largest absolute Gasteiger partial charge is 0.467 e. The van der Waals surface area contributed by atoms with Crippen LogP contribution in [0.4, 0.5) is 0 Å². The number of hydrogen-bond acceptors (Lipinski definition) is 6. The van der Waals surface area contributed by atoms with Crippen LogP contribution in [0.2, 0.25) is 0 Å². The van der Waals surface area contributed by atoms with E-state index < -0.39 is 24.0 Å². The summed E-state index contributed by atoms with van der Waals surface area (Å²) in [6.45, 7) is 1.39. The summed E-state index contributed by atoms with van der Waals surface area (Å²) in [7, 11) is 1.31. The molecule has 0 saturated heterocycles. The Bertz CT molecular complexity index is 640. The first-order valence-electron chi connectivity index (χ1n) is 11.0. The molecule has 1 aliphatic carbocycles. The number of carbonyl (C=O) groups is 2. The molecular formula is C23H36N2O5. The predicted molar refractivity (Wildman–Crippen MR) is 115 cm³/mol. The number of esters is 1. The van der Waals surface area contributed by atoms with Crippen LogP contribution in [0, 0.1) is 5.92 Å². The van der Waals surface area contributed by atoms with Crippen molar-refractivity contribution < 1.29 is 24.2 Å². The fourth-order valence-corrected chi connectivity index (χ4v) is 3.88. The molecule has 2 rings (SSSR count). The van der Waals surface area contributed by atoms with Crippen molar-refractivity contribution in [1.82, 2.24) is 5.32 Å².